The largest absolute Gasteiger partial charge is 1.00 e. The van der Waals surface area contributed by atoms with Crippen LogP contribution in [0, 0.1) is 6.92 Å². The number of hydrogen-bond donors (Lipinski definition) is 1. The first-order valence-electron chi connectivity index (χ1n) is 6.94. The van der Waals surface area contributed by atoms with Crippen LogP contribution in [0.1, 0.15) is 17.0 Å². The maximum absolute atomic E-state index is 11.9. The molecule has 0 aliphatic carbocycles. The number of carbonyl (C=O) groups excluding carboxylic acids is 1. The van der Waals surface area contributed by atoms with Crippen molar-refractivity contribution in [1.29, 1.82) is 0 Å². The number of ether oxygens (including phenoxy) is 2. The van der Waals surface area contributed by atoms with Crippen LogP contribution >= 0.6 is 19.2 Å². The first-order chi connectivity index (χ1) is 11.3. The van der Waals surface area contributed by atoms with E-state index in [1.54, 1.807) is 43.3 Å². The zero-order valence-corrected chi connectivity index (χ0v) is 17.4. The SMILES string of the molecule is Cc1cc(Cl)ccc1OCC(=O)OC(c1ccccc1)P(=O)([O-])O.[Na+]. The van der Waals surface area contributed by atoms with Gasteiger partial charge in [0.2, 0.25) is 0 Å². The van der Waals surface area contributed by atoms with E-state index in [0.717, 1.165) is 0 Å². The Bertz CT molecular complexity index is 764. The molecular formula is C16H15ClNaO6P. The van der Waals surface area contributed by atoms with Gasteiger partial charge in [-0.1, -0.05) is 41.9 Å². The summed E-state index contributed by atoms with van der Waals surface area (Å²) in [5.41, 5.74) is 0.862. The molecule has 0 saturated heterocycles. The van der Waals surface area contributed by atoms with Crippen molar-refractivity contribution in [2.75, 3.05) is 6.61 Å². The van der Waals surface area contributed by atoms with E-state index in [4.69, 9.17) is 21.1 Å². The van der Waals surface area contributed by atoms with Crippen LogP contribution in [-0.4, -0.2) is 17.5 Å². The summed E-state index contributed by atoms with van der Waals surface area (Å²) in [4.78, 5) is 32.7. The van der Waals surface area contributed by atoms with Crippen molar-refractivity contribution in [2.24, 2.45) is 0 Å². The van der Waals surface area contributed by atoms with E-state index in [2.05, 4.69) is 0 Å². The molecule has 0 radical (unpaired) electrons. The molecule has 0 bridgehead atoms. The minimum Gasteiger partial charge on any atom is -0.776 e. The van der Waals surface area contributed by atoms with E-state index in [0.29, 0.717) is 16.3 Å². The van der Waals surface area contributed by atoms with Gasteiger partial charge in [-0.05, 0) is 30.7 Å². The molecule has 0 heterocycles. The fourth-order valence-electron chi connectivity index (χ4n) is 2.01. The smallest absolute Gasteiger partial charge is 0.776 e. The Kier molecular flexibility index (Phi) is 8.64. The average molecular weight is 393 g/mol. The molecule has 6 nitrogen and oxygen atoms in total. The second-order valence-corrected chi connectivity index (χ2v) is 7.05. The predicted octanol–water partition coefficient (Wildman–Crippen LogP) is -0.181. The number of rotatable bonds is 6. The predicted molar refractivity (Wildman–Crippen MR) is 86.8 cm³/mol. The summed E-state index contributed by atoms with van der Waals surface area (Å²) >= 11 is 5.83. The Morgan fingerprint density at radius 1 is 1.28 bits per heavy atom. The Labute approximate surface area is 172 Å². The van der Waals surface area contributed by atoms with Gasteiger partial charge in [-0.3, -0.25) is 0 Å². The summed E-state index contributed by atoms with van der Waals surface area (Å²) in [7, 11) is -4.93. The van der Waals surface area contributed by atoms with Crippen molar-refractivity contribution in [3.8, 4) is 5.75 Å². The Hall–Kier alpha value is -0.850. The van der Waals surface area contributed by atoms with Gasteiger partial charge in [0.1, 0.15) is 5.75 Å². The zero-order chi connectivity index (χ0) is 17.7. The summed E-state index contributed by atoms with van der Waals surface area (Å²) in [6.45, 7) is 1.24. The van der Waals surface area contributed by atoms with Crippen LogP contribution in [0.3, 0.4) is 0 Å². The van der Waals surface area contributed by atoms with Crippen molar-refractivity contribution in [1.82, 2.24) is 0 Å². The molecule has 0 aliphatic heterocycles. The monoisotopic (exact) mass is 392 g/mol. The molecule has 2 aromatic carbocycles. The van der Waals surface area contributed by atoms with Crippen molar-refractivity contribution >= 4 is 25.2 Å². The second-order valence-electron chi connectivity index (χ2n) is 5.02. The van der Waals surface area contributed by atoms with Crippen molar-refractivity contribution in [3.05, 3.63) is 64.7 Å². The third kappa shape index (κ3) is 6.76. The standard InChI is InChI=1S/C16H16ClO6P.Na/c1-11-9-13(17)7-8-14(11)22-10-15(18)23-16(24(19,20)21)12-5-3-2-4-6-12;/h2-9,16H,10H2,1H3,(H2,19,20,21);/q;+1/p-1. The molecular weight excluding hydrogens is 378 g/mol. The first-order valence-corrected chi connectivity index (χ1v) is 8.96. The van der Waals surface area contributed by atoms with Crippen LogP contribution < -0.4 is 39.2 Å². The van der Waals surface area contributed by atoms with E-state index in [1.807, 2.05) is 0 Å². The molecule has 2 unspecified atom stereocenters. The minimum atomic E-state index is -4.93. The molecule has 9 heteroatoms. The summed E-state index contributed by atoms with van der Waals surface area (Å²) in [6, 6.07) is 12.5. The van der Waals surface area contributed by atoms with Crippen LogP contribution in [0.5, 0.6) is 5.75 Å². The maximum atomic E-state index is 11.9. The number of aryl methyl sites for hydroxylation is 1. The van der Waals surface area contributed by atoms with E-state index in [9.17, 15) is 19.1 Å². The number of esters is 1. The number of benzene rings is 2. The molecule has 0 amide bonds. The van der Waals surface area contributed by atoms with Gasteiger partial charge in [0.15, 0.2) is 20.0 Å². The van der Waals surface area contributed by atoms with E-state index in [1.165, 1.54) is 12.1 Å². The summed E-state index contributed by atoms with van der Waals surface area (Å²) in [5.74, 6) is -2.29. The van der Waals surface area contributed by atoms with Crippen LogP contribution in [0.15, 0.2) is 48.5 Å². The molecule has 0 aromatic heterocycles. The van der Waals surface area contributed by atoms with Crippen molar-refractivity contribution < 1.29 is 58.2 Å². The van der Waals surface area contributed by atoms with Gasteiger partial charge in [0.25, 0.3) is 0 Å². The molecule has 0 fully saturated rings. The normalized spacial score (nSPS) is 13.9. The quantitative estimate of drug-likeness (QED) is 0.416. The van der Waals surface area contributed by atoms with Crippen LogP contribution in [0.2, 0.25) is 5.02 Å². The molecule has 2 aromatic rings. The molecule has 0 aliphatic rings. The van der Waals surface area contributed by atoms with Crippen molar-refractivity contribution in [2.45, 2.75) is 12.8 Å². The Morgan fingerprint density at radius 2 is 1.92 bits per heavy atom. The van der Waals surface area contributed by atoms with Gasteiger partial charge in [0, 0.05) is 10.6 Å². The first kappa shape index (κ1) is 22.2. The summed E-state index contributed by atoms with van der Waals surface area (Å²) < 4.78 is 21.7. The van der Waals surface area contributed by atoms with E-state index >= 15 is 0 Å². The number of halogens is 1. The van der Waals surface area contributed by atoms with Crippen LogP contribution in [0.4, 0.5) is 0 Å². The summed E-state index contributed by atoms with van der Waals surface area (Å²) in [5, 5.41) is 0.527. The van der Waals surface area contributed by atoms with Gasteiger partial charge in [-0.2, -0.15) is 0 Å². The molecule has 2 rings (SSSR count). The third-order valence-corrected chi connectivity index (χ3v) is 4.34. The van der Waals surface area contributed by atoms with Crippen LogP contribution in [0.25, 0.3) is 0 Å². The molecule has 2 atom stereocenters. The molecule has 1 N–H and O–H groups in total. The topological polar surface area (TPSA) is 95.9 Å². The molecule has 25 heavy (non-hydrogen) atoms. The molecule has 128 valence electrons. The van der Waals surface area contributed by atoms with Crippen LogP contribution in [-0.2, 0) is 14.1 Å². The van der Waals surface area contributed by atoms with Crippen molar-refractivity contribution in [3.63, 3.8) is 0 Å². The average Bonchev–Trinajstić information content (AvgIpc) is 2.51. The number of carbonyl (C=O) groups is 1. The Morgan fingerprint density at radius 3 is 2.48 bits per heavy atom. The number of hydrogen-bond acceptors (Lipinski definition) is 5. The molecule has 0 saturated carbocycles. The van der Waals surface area contributed by atoms with E-state index < -0.39 is 26.0 Å². The van der Waals surface area contributed by atoms with Gasteiger partial charge in [-0.25, -0.2) is 4.79 Å². The summed E-state index contributed by atoms with van der Waals surface area (Å²) in [6.07, 6.45) is 0. The van der Waals surface area contributed by atoms with Gasteiger partial charge in [0.05, 0.1) is 0 Å². The Balaban J connectivity index is 0.00000312. The van der Waals surface area contributed by atoms with Gasteiger partial charge >= 0.3 is 35.5 Å². The fourth-order valence-corrected chi connectivity index (χ4v) is 3.04. The second kappa shape index (κ2) is 9.74. The van der Waals surface area contributed by atoms with E-state index in [-0.39, 0.29) is 35.1 Å². The van der Waals surface area contributed by atoms with Gasteiger partial charge < -0.3 is 23.8 Å². The van der Waals surface area contributed by atoms with Gasteiger partial charge in [-0.15, -0.1) is 0 Å². The third-order valence-electron chi connectivity index (χ3n) is 3.11. The maximum Gasteiger partial charge on any atom is 1.00 e. The fraction of sp³-hybridized carbons (Fsp3) is 0.188. The zero-order valence-electron chi connectivity index (χ0n) is 13.7. The minimum absolute atomic E-state index is 0. The molecule has 0 spiro atoms.